The van der Waals surface area contributed by atoms with E-state index in [1.165, 1.54) is 19.1 Å². The molecule has 0 spiro atoms. The van der Waals surface area contributed by atoms with Crippen molar-refractivity contribution in [3.8, 4) is 0 Å². The van der Waals surface area contributed by atoms with Crippen molar-refractivity contribution in [3.63, 3.8) is 0 Å². The molecule has 0 bridgehead atoms. The number of guanidine groups is 1. The number of hydrogen-bond donors (Lipinski definition) is 0. The summed E-state index contributed by atoms with van der Waals surface area (Å²) < 4.78 is 10.0. The lowest BCUT2D eigenvalue weighted by Gasteiger charge is -2.32. The van der Waals surface area contributed by atoms with E-state index in [0.717, 1.165) is 0 Å². The second-order valence-corrected chi connectivity index (χ2v) is 4.36. The molecule has 0 atom stereocenters. The van der Waals surface area contributed by atoms with Gasteiger partial charge >= 0.3 is 12.0 Å². The van der Waals surface area contributed by atoms with Gasteiger partial charge in [-0.2, -0.15) is 20.0 Å². The van der Waals surface area contributed by atoms with Crippen molar-refractivity contribution in [1.82, 2.24) is 4.90 Å². The van der Waals surface area contributed by atoms with E-state index < -0.39 is 0 Å². The Balaban J connectivity index is 2.23. The molecule has 0 saturated carbocycles. The van der Waals surface area contributed by atoms with Crippen molar-refractivity contribution in [2.75, 3.05) is 14.2 Å². The zero-order valence-electron chi connectivity index (χ0n) is 9.89. The topological polar surface area (TPSA) is 71.1 Å². The van der Waals surface area contributed by atoms with E-state index in [0.29, 0.717) is 21.7 Å². The molecule has 0 aromatic heterocycles. The molecule has 3 heterocycles. The first-order valence-corrected chi connectivity index (χ1v) is 5.90. The zero-order chi connectivity index (χ0) is 13.6. The molecule has 98 valence electrons. The summed E-state index contributed by atoms with van der Waals surface area (Å²) in [7, 11) is 2.91. The summed E-state index contributed by atoms with van der Waals surface area (Å²) in [6.45, 7) is 0. The number of rotatable bonds is 0. The van der Waals surface area contributed by atoms with Gasteiger partial charge in [0.25, 0.3) is 0 Å². The number of ether oxygens (including phenoxy) is 2. The van der Waals surface area contributed by atoms with E-state index in [1.54, 1.807) is 6.08 Å². The van der Waals surface area contributed by atoms with Crippen LogP contribution in [0.15, 0.2) is 41.9 Å². The van der Waals surface area contributed by atoms with Gasteiger partial charge in [-0.25, -0.2) is 4.90 Å². The van der Waals surface area contributed by atoms with E-state index in [1.807, 2.05) is 0 Å². The normalized spacial score (nSPS) is 20.8. The molecular formula is C10H7Cl2N5O2. The Morgan fingerprint density at radius 2 is 1.68 bits per heavy atom. The van der Waals surface area contributed by atoms with Gasteiger partial charge in [0, 0.05) is 0 Å². The third-order valence-electron chi connectivity index (χ3n) is 2.46. The van der Waals surface area contributed by atoms with Crippen molar-refractivity contribution in [3.05, 3.63) is 22.0 Å². The molecule has 0 aliphatic carbocycles. The first-order chi connectivity index (χ1) is 9.13. The Morgan fingerprint density at radius 3 is 2.37 bits per heavy atom. The van der Waals surface area contributed by atoms with Gasteiger partial charge in [-0.05, 0) is 6.08 Å². The summed E-state index contributed by atoms with van der Waals surface area (Å²) in [5.41, 5.74) is 0. The SMILES string of the molecule is COC1=NC2=NC(OC)=NC3=C(Cl)C=C(Cl)C(=N1)N23. The molecule has 0 N–H and O–H groups in total. The molecule has 0 radical (unpaired) electrons. The lowest BCUT2D eigenvalue weighted by molar-refractivity contribution is 0.387. The third kappa shape index (κ3) is 1.82. The Kier molecular flexibility index (Phi) is 2.79. The Labute approximate surface area is 118 Å². The molecule has 3 aliphatic rings. The van der Waals surface area contributed by atoms with Crippen molar-refractivity contribution in [2.24, 2.45) is 20.0 Å². The fourth-order valence-electron chi connectivity index (χ4n) is 1.66. The predicted molar refractivity (Wildman–Crippen MR) is 72.4 cm³/mol. The zero-order valence-corrected chi connectivity index (χ0v) is 11.4. The number of aliphatic imine (C=N–C) groups is 4. The highest BCUT2D eigenvalue weighted by Crippen LogP contribution is 2.32. The average Bonchev–Trinajstić information content (AvgIpc) is 2.43. The van der Waals surface area contributed by atoms with Gasteiger partial charge in [-0.1, -0.05) is 23.2 Å². The van der Waals surface area contributed by atoms with Gasteiger partial charge in [0.1, 0.15) is 0 Å². The van der Waals surface area contributed by atoms with Crippen LogP contribution in [-0.2, 0) is 9.47 Å². The van der Waals surface area contributed by atoms with Crippen molar-refractivity contribution < 1.29 is 9.47 Å². The molecule has 0 saturated heterocycles. The minimum Gasteiger partial charge on any atom is -0.467 e. The summed E-state index contributed by atoms with van der Waals surface area (Å²) >= 11 is 12.2. The van der Waals surface area contributed by atoms with E-state index >= 15 is 0 Å². The van der Waals surface area contributed by atoms with Crippen molar-refractivity contribution in [2.45, 2.75) is 0 Å². The number of methoxy groups -OCH3 is 2. The van der Waals surface area contributed by atoms with Crippen LogP contribution in [0.25, 0.3) is 0 Å². The standard InChI is InChI=1S/C10H7Cl2N5O2/c1-18-9-13-6-4(11)3-5(12)7-14-10(19-2)16-8(15-9)17(6)7/h3H,1-2H3. The number of allylic oxidation sites excluding steroid dienone is 2. The molecule has 0 amide bonds. The van der Waals surface area contributed by atoms with Crippen LogP contribution in [0.1, 0.15) is 0 Å². The van der Waals surface area contributed by atoms with Crippen molar-refractivity contribution >= 4 is 47.0 Å². The van der Waals surface area contributed by atoms with E-state index in [9.17, 15) is 0 Å². The van der Waals surface area contributed by atoms with Crippen LogP contribution in [0.4, 0.5) is 0 Å². The summed E-state index contributed by atoms with van der Waals surface area (Å²) in [5, 5.41) is 0.698. The van der Waals surface area contributed by atoms with Gasteiger partial charge in [-0.15, -0.1) is 0 Å². The first-order valence-electron chi connectivity index (χ1n) is 5.14. The second-order valence-electron chi connectivity index (χ2n) is 3.54. The van der Waals surface area contributed by atoms with Crippen LogP contribution in [0.3, 0.4) is 0 Å². The van der Waals surface area contributed by atoms with Gasteiger partial charge < -0.3 is 9.47 Å². The predicted octanol–water partition coefficient (Wildman–Crippen LogP) is 1.62. The highest BCUT2D eigenvalue weighted by Gasteiger charge is 2.36. The van der Waals surface area contributed by atoms with Gasteiger partial charge in [0.05, 0.1) is 24.3 Å². The average molecular weight is 300 g/mol. The molecule has 0 aromatic rings. The molecule has 3 aliphatic heterocycles. The Hall–Kier alpha value is -1.86. The van der Waals surface area contributed by atoms with Gasteiger partial charge in [0.2, 0.25) is 5.96 Å². The van der Waals surface area contributed by atoms with Crippen LogP contribution in [-0.4, -0.2) is 43.0 Å². The monoisotopic (exact) mass is 299 g/mol. The fourth-order valence-corrected chi connectivity index (χ4v) is 2.19. The van der Waals surface area contributed by atoms with E-state index in [2.05, 4.69) is 20.0 Å². The largest absolute Gasteiger partial charge is 0.467 e. The fraction of sp³-hybridized carbons (Fsp3) is 0.200. The summed E-state index contributed by atoms with van der Waals surface area (Å²) in [6.07, 6.45) is 1.55. The smallest absolute Gasteiger partial charge is 0.321 e. The molecule has 0 fully saturated rings. The first kappa shape index (κ1) is 12.2. The molecule has 0 unspecified atom stereocenters. The molecule has 19 heavy (non-hydrogen) atoms. The number of nitrogens with zero attached hydrogens (tertiary/aromatic N) is 5. The summed E-state index contributed by atoms with van der Waals surface area (Å²) in [4.78, 5) is 18.1. The van der Waals surface area contributed by atoms with Gasteiger partial charge in [0.15, 0.2) is 11.7 Å². The second kappa shape index (κ2) is 4.36. The lowest BCUT2D eigenvalue weighted by atomic mass is 10.3. The minimum atomic E-state index is 0.145. The highest BCUT2D eigenvalue weighted by molar-refractivity contribution is 6.48. The number of amidine groups is 3. The Morgan fingerprint density at radius 1 is 1.00 bits per heavy atom. The van der Waals surface area contributed by atoms with Crippen LogP contribution in [0, 0.1) is 0 Å². The summed E-state index contributed by atoms with van der Waals surface area (Å²) in [5.74, 6) is 1.10. The number of hydrogen-bond acceptors (Lipinski definition) is 7. The highest BCUT2D eigenvalue weighted by atomic mass is 35.5. The summed E-state index contributed by atoms with van der Waals surface area (Å²) in [6, 6.07) is 0.289. The maximum atomic E-state index is 6.11. The van der Waals surface area contributed by atoms with E-state index in [-0.39, 0.29) is 18.0 Å². The van der Waals surface area contributed by atoms with Crippen LogP contribution >= 0.6 is 23.2 Å². The minimum absolute atomic E-state index is 0.145. The lowest BCUT2D eigenvalue weighted by Crippen LogP contribution is -2.43. The Bertz CT molecular complexity index is 644. The molecule has 7 nitrogen and oxygen atoms in total. The molecular weight excluding hydrogens is 293 g/mol. The molecule has 3 rings (SSSR count). The third-order valence-corrected chi connectivity index (χ3v) is 3.02. The maximum absolute atomic E-state index is 6.11. The van der Waals surface area contributed by atoms with Crippen molar-refractivity contribution in [1.29, 1.82) is 0 Å². The molecule has 9 heteroatoms. The number of halogens is 2. The quantitative estimate of drug-likeness (QED) is 0.682. The maximum Gasteiger partial charge on any atom is 0.321 e. The van der Waals surface area contributed by atoms with Crippen LogP contribution < -0.4 is 0 Å². The van der Waals surface area contributed by atoms with Gasteiger partial charge in [-0.3, -0.25) is 0 Å². The van der Waals surface area contributed by atoms with E-state index in [4.69, 9.17) is 32.7 Å². The molecule has 0 aromatic carbocycles. The van der Waals surface area contributed by atoms with Crippen LogP contribution in [0.5, 0.6) is 0 Å². The van der Waals surface area contributed by atoms with Crippen LogP contribution in [0.2, 0.25) is 0 Å².